The second-order valence-corrected chi connectivity index (χ2v) is 4.59. The fraction of sp³-hybridized carbons (Fsp3) is 0.467. The van der Waals surface area contributed by atoms with Crippen LogP contribution >= 0.6 is 0 Å². The van der Waals surface area contributed by atoms with Gasteiger partial charge in [-0.1, -0.05) is 25.5 Å². The van der Waals surface area contributed by atoms with Crippen molar-refractivity contribution in [1.82, 2.24) is 5.43 Å². The van der Waals surface area contributed by atoms with Gasteiger partial charge in [-0.05, 0) is 44.4 Å². The molecule has 0 aliphatic heterocycles. The van der Waals surface area contributed by atoms with Crippen molar-refractivity contribution in [3.63, 3.8) is 0 Å². The largest absolute Gasteiger partial charge is 0.484 e. The zero-order valence-corrected chi connectivity index (χ0v) is 11.9. The molecule has 0 radical (unpaired) electrons. The van der Waals surface area contributed by atoms with E-state index in [-0.39, 0.29) is 12.5 Å². The molecule has 19 heavy (non-hydrogen) atoms. The fourth-order valence-corrected chi connectivity index (χ4v) is 1.53. The molecular weight excluding hydrogens is 240 g/mol. The Labute approximate surface area is 114 Å². The topological polar surface area (TPSA) is 50.7 Å². The van der Waals surface area contributed by atoms with Crippen LogP contribution in [-0.2, 0) is 4.79 Å². The lowest BCUT2D eigenvalue weighted by Gasteiger charge is -2.06. The number of nitrogens with one attached hydrogen (secondary N) is 1. The van der Waals surface area contributed by atoms with E-state index in [4.69, 9.17) is 4.74 Å². The number of hydrazone groups is 1. The van der Waals surface area contributed by atoms with Gasteiger partial charge in [0, 0.05) is 5.71 Å². The van der Waals surface area contributed by atoms with Crippen LogP contribution in [-0.4, -0.2) is 18.2 Å². The van der Waals surface area contributed by atoms with Gasteiger partial charge in [0.15, 0.2) is 6.61 Å². The molecule has 104 valence electrons. The summed E-state index contributed by atoms with van der Waals surface area (Å²) in [5.41, 5.74) is 4.54. The van der Waals surface area contributed by atoms with Gasteiger partial charge in [0.2, 0.25) is 0 Å². The summed E-state index contributed by atoms with van der Waals surface area (Å²) in [5, 5.41) is 4.03. The van der Waals surface area contributed by atoms with Crippen LogP contribution < -0.4 is 10.2 Å². The number of benzene rings is 1. The Morgan fingerprint density at radius 2 is 2.21 bits per heavy atom. The Bertz CT molecular complexity index is 442. The van der Waals surface area contributed by atoms with Crippen LogP contribution in [0.4, 0.5) is 0 Å². The SMILES string of the molecule is CCCC/C(C)=N/NC(=O)COc1cccc(C)c1. The third-order valence-electron chi connectivity index (χ3n) is 2.62. The summed E-state index contributed by atoms with van der Waals surface area (Å²) in [4.78, 5) is 11.5. The number of ether oxygens (including phenoxy) is 1. The Hall–Kier alpha value is -1.84. The minimum absolute atomic E-state index is 0.0198. The predicted molar refractivity (Wildman–Crippen MR) is 77.5 cm³/mol. The molecule has 0 unspecified atom stereocenters. The van der Waals surface area contributed by atoms with Crippen molar-refractivity contribution in [3.8, 4) is 5.75 Å². The van der Waals surface area contributed by atoms with Crippen LogP contribution in [0.25, 0.3) is 0 Å². The summed E-state index contributed by atoms with van der Waals surface area (Å²) in [7, 11) is 0. The summed E-state index contributed by atoms with van der Waals surface area (Å²) in [5.74, 6) is 0.458. The summed E-state index contributed by atoms with van der Waals surface area (Å²) in [6.45, 7) is 6.00. The molecule has 0 aliphatic carbocycles. The van der Waals surface area contributed by atoms with Crippen molar-refractivity contribution in [2.24, 2.45) is 5.10 Å². The number of unbranched alkanes of at least 4 members (excludes halogenated alkanes) is 1. The van der Waals surface area contributed by atoms with Gasteiger partial charge >= 0.3 is 0 Å². The maximum atomic E-state index is 11.5. The maximum Gasteiger partial charge on any atom is 0.277 e. The average Bonchev–Trinajstić information content (AvgIpc) is 2.40. The average molecular weight is 262 g/mol. The van der Waals surface area contributed by atoms with Crippen LogP contribution in [0, 0.1) is 6.92 Å². The van der Waals surface area contributed by atoms with Crippen LogP contribution in [0.5, 0.6) is 5.75 Å². The van der Waals surface area contributed by atoms with E-state index in [9.17, 15) is 4.79 Å². The van der Waals surface area contributed by atoms with E-state index in [1.165, 1.54) is 0 Å². The monoisotopic (exact) mass is 262 g/mol. The zero-order chi connectivity index (χ0) is 14.1. The summed E-state index contributed by atoms with van der Waals surface area (Å²) < 4.78 is 5.38. The highest BCUT2D eigenvalue weighted by Gasteiger charge is 2.02. The number of rotatable bonds is 7. The molecule has 0 atom stereocenters. The lowest BCUT2D eigenvalue weighted by Crippen LogP contribution is -2.25. The Kier molecular flexibility index (Phi) is 6.64. The van der Waals surface area contributed by atoms with E-state index in [0.29, 0.717) is 5.75 Å². The third-order valence-corrected chi connectivity index (χ3v) is 2.62. The molecule has 1 rings (SSSR count). The minimum Gasteiger partial charge on any atom is -0.484 e. The normalized spacial score (nSPS) is 11.2. The predicted octanol–water partition coefficient (Wildman–Crippen LogP) is 3.06. The first-order chi connectivity index (χ1) is 9.11. The van der Waals surface area contributed by atoms with Crippen molar-refractivity contribution < 1.29 is 9.53 Å². The van der Waals surface area contributed by atoms with Crippen LogP contribution in [0.1, 0.15) is 38.7 Å². The van der Waals surface area contributed by atoms with Crippen LogP contribution in [0.3, 0.4) is 0 Å². The molecule has 0 aromatic heterocycles. The zero-order valence-electron chi connectivity index (χ0n) is 11.9. The first-order valence-corrected chi connectivity index (χ1v) is 6.63. The molecule has 1 aromatic carbocycles. The van der Waals surface area contributed by atoms with Crippen molar-refractivity contribution in [1.29, 1.82) is 0 Å². The van der Waals surface area contributed by atoms with Crippen molar-refractivity contribution in [2.75, 3.05) is 6.61 Å². The lowest BCUT2D eigenvalue weighted by atomic mass is 10.2. The number of nitrogens with zero attached hydrogens (tertiary/aromatic N) is 1. The molecule has 0 saturated carbocycles. The molecule has 0 bridgehead atoms. The number of aryl methyl sites for hydroxylation is 1. The number of hydrogen-bond donors (Lipinski definition) is 1. The fourth-order valence-electron chi connectivity index (χ4n) is 1.53. The molecule has 0 aliphatic rings. The number of amides is 1. The first-order valence-electron chi connectivity index (χ1n) is 6.63. The van der Waals surface area contributed by atoms with E-state index < -0.39 is 0 Å². The van der Waals surface area contributed by atoms with Gasteiger partial charge < -0.3 is 4.74 Å². The Morgan fingerprint density at radius 1 is 1.42 bits per heavy atom. The van der Waals surface area contributed by atoms with Gasteiger partial charge in [-0.25, -0.2) is 5.43 Å². The first kappa shape index (κ1) is 15.2. The molecule has 1 amide bonds. The molecule has 4 heteroatoms. The van der Waals surface area contributed by atoms with E-state index in [0.717, 1.165) is 30.5 Å². The Balaban J connectivity index is 2.32. The quantitative estimate of drug-likeness (QED) is 0.606. The molecule has 4 nitrogen and oxygen atoms in total. The lowest BCUT2D eigenvalue weighted by molar-refractivity contribution is -0.123. The highest BCUT2D eigenvalue weighted by Crippen LogP contribution is 2.11. The molecule has 0 heterocycles. The smallest absolute Gasteiger partial charge is 0.277 e. The van der Waals surface area contributed by atoms with Crippen molar-refractivity contribution >= 4 is 11.6 Å². The highest BCUT2D eigenvalue weighted by molar-refractivity contribution is 5.84. The van der Waals surface area contributed by atoms with Gasteiger partial charge in [0.25, 0.3) is 5.91 Å². The molecule has 1 aromatic rings. The van der Waals surface area contributed by atoms with E-state index in [2.05, 4.69) is 17.5 Å². The number of carbonyl (C=O) groups is 1. The molecule has 0 spiro atoms. The second-order valence-electron chi connectivity index (χ2n) is 4.59. The molecular formula is C15H22N2O2. The van der Waals surface area contributed by atoms with Gasteiger partial charge in [-0.3, -0.25) is 4.79 Å². The van der Waals surface area contributed by atoms with Crippen molar-refractivity contribution in [3.05, 3.63) is 29.8 Å². The maximum absolute atomic E-state index is 11.5. The van der Waals surface area contributed by atoms with Gasteiger partial charge in [-0.2, -0.15) is 5.10 Å². The van der Waals surface area contributed by atoms with Gasteiger partial charge in [-0.15, -0.1) is 0 Å². The van der Waals surface area contributed by atoms with Gasteiger partial charge in [0.1, 0.15) is 5.75 Å². The minimum atomic E-state index is -0.239. The van der Waals surface area contributed by atoms with Crippen LogP contribution in [0.2, 0.25) is 0 Å². The molecule has 1 N–H and O–H groups in total. The second kappa shape index (κ2) is 8.29. The van der Waals surface area contributed by atoms with Crippen molar-refractivity contribution in [2.45, 2.75) is 40.0 Å². The summed E-state index contributed by atoms with van der Waals surface area (Å²) >= 11 is 0. The summed E-state index contributed by atoms with van der Waals surface area (Å²) in [6.07, 6.45) is 3.12. The molecule has 0 saturated heterocycles. The van der Waals surface area contributed by atoms with Crippen LogP contribution in [0.15, 0.2) is 29.4 Å². The number of carbonyl (C=O) groups excluding carboxylic acids is 1. The highest BCUT2D eigenvalue weighted by atomic mass is 16.5. The summed E-state index contributed by atoms with van der Waals surface area (Å²) in [6, 6.07) is 7.60. The number of hydrogen-bond acceptors (Lipinski definition) is 3. The van der Waals surface area contributed by atoms with E-state index in [1.807, 2.05) is 38.1 Å². The van der Waals surface area contributed by atoms with Gasteiger partial charge in [0.05, 0.1) is 0 Å². The Morgan fingerprint density at radius 3 is 2.89 bits per heavy atom. The third kappa shape index (κ3) is 6.60. The van der Waals surface area contributed by atoms with E-state index >= 15 is 0 Å². The molecule has 0 fully saturated rings. The standard InChI is InChI=1S/C15H22N2O2/c1-4-5-8-13(3)16-17-15(18)11-19-14-9-6-7-12(2)10-14/h6-7,9-10H,4-5,8,11H2,1-3H3,(H,17,18)/b16-13+. The van der Waals surface area contributed by atoms with E-state index in [1.54, 1.807) is 0 Å².